The molecule has 2 aliphatic heterocycles. The topological polar surface area (TPSA) is 95.8 Å². The van der Waals surface area contributed by atoms with Crippen LogP contribution in [0.25, 0.3) is 158 Å². The lowest BCUT2D eigenvalue weighted by atomic mass is 9.64. The highest BCUT2D eigenvalue weighted by Crippen LogP contribution is 2.66. The van der Waals surface area contributed by atoms with E-state index < -0.39 is 10.8 Å². The third-order valence-electron chi connectivity index (χ3n) is 25.5. The quantitative estimate of drug-likeness (QED) is 0.126. The van der Waals surface area contributed by atoms with Crippen LogP contribution in [0.3, 0.4) is 0 Å². The van der Waals surface area contributed by atoms with E-state index >= 15 is 0 Å². The van der Waals surface area contributed by atoms with E-state index in [-0.39, 0.29) is 0 Å². The number of fused-ring (bicyclic) bond motifs is 20. The zero-order chi connectivity index (χ0) is 79.0. The summed E-state index contributed by atoms with van der Waals surface area (Å²) in [5, 5.41) is 2.39. The fraction of sp³-hybridized carbons (Fsp3) is 0.0536. The SMILES string of the molecule is C1=CC2=C(CC1)C1(c3ccccc3Oc3cc(-c4ccccc4-c4nc(-c5ccccc5)nc(-c5ccc6c7c(ccc6c5)CCC=C7)n4)ccc31)c1cccc(-c3cccc(-c4cccc(-c5nc(-c6cccc(-c7ccccc7)c6)nc(-c6ccccc6-c6ccc7c(c6)Oc6ccccc6C76c7ccccc7-c7ccccc76)n5)c4)c3)c12. The lowest BCUT2D eigenvalue weighted by Crippen LogP contribution is -2.33. The summed E-state index contributed by atoms with van der Waals surface area (Å²) in [6, 6.07) is 131. The van der Waals surface area contributed by atoms with E-state index in [4.69, 9.17) is 39.4 Å². The van der Waals surface area contributed by atoms with E-state index in [0.29, 0.717) is 34.9 Å². The van der Waals surface area contributed by atoms with Crippen molar-refractivity contribution in [3.05, 3.63) is 443 Å². The van der Waals surface area contributed by atoms with Gasteiger partial charge < -0.3 is 9.47 Å². The summed E-state index contributed by atoms with van der Waals surface area (Å²) < 4.78 is 14.3. The maximum absolute atomic E-state index is 7.27. The molecule has 0 fully saturated rings. The monoisotopic (exact) mass is 1530 g/mol. The van der Waals surface area contributed by atoms with Crippen LogP contribution in [0.15, 0.2) is 388 Å². The Morgan fingerprint density at radius 2 is 0.633 bits per heavy atom. The maximum atomic E-state index is 7.27. The van der Waals surface area contributed by atoms with E-state index in [1.165, 1.54) is 61.0 Å². The van der Waals surface area contributed by atoms with Crippen LogP contribution in [-0.2, 0) is 17.3 Å². The number of hydrogen-bond donors (Lipinski definition) is 0. The minimum atomic E-state index is -0.671. The molecule has 0 N–H and O–H groups in total. The second-order valence-electron chi connectivity index (χ2n) is 32.0. The van der Waals surface area contributed by atoms with E-state index in [1.807, 2.05) is 18.2 Å². The Morgan fingerprint density at radius 1 is 0.233 bits per heavy atom. The van der Waals surface area contributed by atoms with Crippen molar-refractivity contribution in [1.82, 2.24) is 29.9 Å². The Bertz CT molecular complexity index is 7400. The number of ether oxygens (including phenoxy) is 2. The lowest BCUT2D eigenvalue weighted by molar-refractivity contribution is 0.432. The Hall–Kier alpha value is -15.4. The standard InChI is InChI=1S/C112H72N6O2/c1-3-27-69(28-4-1)72-32-24-36-79(64-72)106-114-107(117-110(116-106)90-44-12-10-40-84(90)77-58-61-97-102(67-77)119-100-53-21-19-50-95(100)111(97)92-47-16-13-41-87(92)88-42-14-17-48-93(88)111)80-37-25-34-74(65-80)73-33-23-35-75(63-73)86-46-26-52-99-104(86)91-45-15-18-49-94(91)112(99)96-51-20-22-54-101(96)120-103-68-78(59-62-98(103)112)83-39-9-11-43-89(83)109-115-105(71-30-5-2-6-31-71)113-108(118-109)81-57-60-85-76(66-81)56-55-70-29-7-8-38-82(70)85/h1-6,8-17,19-28,30-48,50-68H,7,18,29,49H2. The zero-order valence-corrected chi connectivity index (χ0v) is 65.3. The number of para-hydroxylation sites is 2. The Balaban J connectivity index is 0.603. The maximum Gasteiger partial charge on any atom is 0.164 e. The molecule has 562 valence electrons. The van der Waals surface area contributed by atoms with E-state index in [1.54, 1.807) is 0 Å². The van der Waals surface area contributed by atoms with Gasteiger partial charge in [-0.25, -0.2) is 29.9 Å². The number of benzene rings is 16. The second-order valence-corrected chi connectivity index (χ2v) is 32.0. The van der Waals surface area contributed by atoms with Crippen LogP contribution in [0, 0.1) is 0 Å². The lowest BCUT2D eigenvalue weighted by Gasteiger charge is -2.41. The molecule has 0 bridgehead atoms. The molecule has 4 heterocycles. The molecule has 8 nitrogen and oxygen atoms in total. The minimum Gasteiger partial charge on any atom is -0.457 e. The first-order chi connectivity index (χ1) is 59.4. The summed E-state index contributed by atoms with van der Waals surface area (Å²) in [5.74, 6) is 6.80. The van der Waals surface area contributed by atoms with Gasteiger partial charge in [-0.15, -0.1) is 0 Å². The van der Waals surface area contributed by atoms with Crippen LogP contribution in [0.1, 0.15) is 74.9 Å². The molecule has 6 aliphatic rings. The molecule has 2 spiro atoms. The van der Waals surface area contributed by atoms with E-state index in [9.17, 15) is 0 Å². The Labute approximate surface area is 695 Å². The van der Waals surface area contributed by atoms with Crippen molar-refractivity contribution in [3.63, 3.8) is 0 Å². The molecule has 4 aliphatic carbocycles. The minimum absolute atomic E-state index is 0.556. The normalized spacial score (nSPS) is 15.0. The molecule has 24 rings (SSSR count). The van der Waals surface area contributed by atoms with Crippen LogP contribution in [-0.4, -0.2) is 29.9 Å². The van der Waals surface area contributed by atoms with Gasteiger partial charge in [0.05, 0.1) is 10.8 Å². The number of aryl methyl sites for hydroxylation is 1. The van der Waals surface area contributed by atoms with Gasteiger partial charge in [0.2, 0.25) is 0 Å². The summed E-state index contributed by atoms with van der Waals surface area (Å²) in [7, 11) is 0. The highest BCUT2D eigenvalue weighted by atomic mass is 16.5. The molecule has 1 atom stereocenters. The van der Waals surface area contributed by atoms with Crippen molar-refractivity contribution in [3.8, 4) is 158 Å². The molecule has 1 unspecified atom stereocenters. The third kappa shape index (κ3) is 10.8. The van der Waals surface area contributed by atoms with Crippen molar-refractivity contribution in [2.24, 2.45) is 0 Å². The van der Waals surface area contributed by atoms with Crippen LogP contribution in [0.4, 0.5) is 0 Å². The predicted molar refractivity (Wildman–Crippen MR) is 483 cm³/mol. The average molecular weight is 1530 g/mol. The zero-order valence-electron chi connectivity index (χ0n) is 65.3. The first kappa shape index (κ1) is 69.0. The van der Waals surface area contributed by atoms with Crippen LogP contribution in [0.5, 0.6) is 23.0 Å². The van der Waals surface area contributed by atoms with Gasteiger partial charge in [0, 0.05) is 55.6 Å². The van der Waals surface area contributed by atoms with Gasteiger partial charge in [-0.3, -0.25) is 0 Å². The van der Waals surface area contributed by atoms with Gasteiger partial charge in [-0.2, -0.15) is 0 Å². The van der Waals surface area contributed by atoms with E-state index in [2.05, 4.69) is 370 Å². The van der Waals surface area contributed by atoms with Gasteiger partial charge in [0.25, 0.3) is 0 Å². The fourth-order valence-electron chi connectivity index (χ4n) is 20.2. The molecular formula is C112H72N6O2. The second kappa shape index (κ2) is 27.7. The molecule has 16 aromatic carbocycles. The van der Waals surface area contributed by atoms with Crippen molar-refractivity contribution >= 4 is 22.4 Å². The smallest absolute Gasteiger partial charge is 0.164 e. The molecule has 18 aromatic rings. The third-order valence-corrected chi connectivity index (χ3v) is 25.5. The van der Waals surface area contributed by atoms with Gasteiger partial charge in [0.15, 0.2) is 34.9 Å². The molecule has 8 heteroatoms. The first-order valence-corrected chi connectivity index (χ1v) is 41.4. The van der Waals surface area contributed by atoms with Gasteiger partial charge in [-0.1, -0.05) is 340 Å². The van der Waals surface area contributed by atoms with Crippen molar-refractivity contribution in [2.75, 3.05) is 0 Å². The van der Waals surface area contributed by atoms with Crippen molar-refractivity contribution in [1.29, 1.82) is 0 Å². The predicted octanol–water partition coefficient (Wildman–Crippen LogP) is 27.5. The van der Waals surface area contributed by atoms with Crippen LogP contribution >= 0.6 is 0 Å². The summed E-state index contributed by atoms with van der Waals surface area (Å²) in [5.41, 5.74) is 31.8. The van der Waals surface area contributed by atoms with Crippen molar-refractivity contribution < 1.29 is 9.47 Å². The molecular weight excluding hydrogens is 1460 g/mol. The van der Waals surface area contributed by atoms with Crippen LogP contribution in [0.2, 0.25) is 0 Å². The number of nitrogens with zero attached hydrogens (tertiary/aromatic N) is 6. The molecule has 2 aromatic heterocycles. The largest absolute Gasteiger partial charge is 0.457 e. The fourth-order valence-corrected chi connectivity index (χ4v) is 20.2. The highest BCUT2D eigenvalue weighted by molar-refractivity contribution is 6.00. The molecule has 120 heavy (non-hydrogen) atoms. The molecule has 0 amide bonds. The highest BCUT2D eigenvalue weighted by Gasteiger charge is 2.54. The Kier molecular flexibility index (Phi) is 15.9. The number of rotatable bonds is 11. The van der Waals surface area contributed by atoms with Gasteiger partial charge in [0.1, 0.15) is 23.0 Å². The summed E-state index contributed by atoms with van der Waals surface area (Å²) in [6.45, 7) is 0. The van der Waals surface area contributed by atoms with E-state index in [0.717, 1.165) is 165 Å². The molecule has 0 saturated carbocycles. The van der Waals surface area contributed by atoms with Crippen LogP contribution < -0.4 is 9.47 Å². The number of aromatic nitrogens is 6. The summed E-state index contributed by atoms with van der Waals surface area (Å²) in [6.07, 6.45) is 13.2. The number of allylic oxidation sites excluding steroid dienone is 5. The number of hydrogen-bond acceptors (Lipinski definition) is 8. The first-order valence-electron chi connectivity index (χ1n) is 41.4. The van der Waals surface area contributed by atoms with Gasteiger partial charge >= 0.3 is 0 Å². The molecule has 0 radical (unpaired) electrons. The summed E-state index contributed by atoms with van der Waals surface area (Å²) in [4.78, 5) is 32.4. The Morgan fingerprint density at radius 3 is 1.24 bits per heavy atom. The molecule has 0 saturated heterocycles. The van der Waals surface area contributed by atoms with Gasteiger partial charge in [-0.05, 0) is 196 Å². The summed E-state index contributed by atoms with van der Waals surface area (Å²) >= 11 is 0. The average Bonchev–Trinajstić information content (AvgIpc) is 1.51. The van der Waals surface area contributed by atoms with Crippen molar-refractivity contribution in [2.45, 2.75) is 36.5 Å².